The molecular weight excluding hydrogens is 452 g/mol. The molecule has 0 aliphatic carbocycles. The molecule has 0 saturated carbocycles. The second-order valence-electron chi connectivity index (χ2n) is 4.04. The Morgan fingerprint density at radius 2 is 1.85 bits per heavy atom. The van der Waals surface area contributed by atoms with E-state index in [1.165, 1.54) is 0 Å². The van der Waals surface area contributed by atoms with Gasteiger partial charge in [0.1, 0.15) is 10.4 Å². The zero-order valence-electron chi connectivity index (χ0n) is 10.8. The van der Waals surface area contributed by atoms with Crippen molar-refractivity contribution in [2.75, 3.05) is 11.9 Å². The standard InChI is InChI=1S/C14H13Br3N2O/c1-2-20-14-11(15)5-9(6-12(14)16)7-18-10-3-4-13(17)19-8-10/h3-6,8,18H,2,7H2,1H3. The molecular formula is C14H13Br3N2O. The SMILES string of the molecule is CCOc1c(Br)cc(CNc2ccc(Br)nc2)cc1Br. The van der Waals surface area contributed by atoms with Crippen molar-refractivity contribution in [1.82, 2.24) is 4.98 Å². The van der Waals surface area contributed by atoms with Gasteiger partial charge in [0.2, 0.25) is 0 Å². The lowest BCUT2D eigenvalue weighted by molar-refractivity contribution is 0.336. The van der Waals surface area contributed by atoms with Crippen molar-refractivity contribution in [1.29, 1.82) is 0 Å². The van der Waals surface area contributed by atoms with E-state index in [2.05, 4.69) is 70.2 Å². The Morgan fingerprint density at radius 1 is 1.15 bits per heavy atom. The third kappa shape index (κ3) is 4.20. The Balaban J connectivity index is 2.08. The lowest BCUT2D eigenvalue weighted by Crippen LogP contribution is -2.01. The molecule has 0 aliphatic rings. The number of ether oxygens (including phenoxy) is 1. The summed E-state index contributed by atoms with van der Waals surface area (Å²) in [5.41, 5.74) is 2.13. The number of pyridine rings is 1. The fraction of sp³-hybridized carbons (Fsp3) is 0.214. The molecule has 0 bridgehead atoms. The molecule has 106 valence electrons. The van der Waals surface area contributed by atoms with Crippen LogP contribution in [0.25, 0.3) is 0 Å². The van der Waals surface area contributed by atoms with Gasteiger partial charge >= 0.3 is 0 Å². The lowest BCUT2D eigenvalue weighted by Gasteiger charge is -2.12. The Labute approximate surface area is 143 Å². The van der Waals surface area contributed by atoms with E-state index in [4.69, 9.17) is 4.74 Å². The zero-order chi connectivity index (χ0) is 14.5. The topological polar surface area (TPSA) is 34.1 Å². The van der Waals surface area contributed by atoms with E-state index in [1.54, 1.807) is 6.20 Å². The fourth-order valence-corrected chi connectivity index (χ4v) is 3.43. The van der Waals surface area contributed by atoms with Gasteiger partial charge in [0.25, 0.3) is 0 Å². The zero-order valence-corrected chi connectivity index (χ0v) is 15.5. The van der Waals surface area contributed by atoms with Gasteiger partial charge < -0.3 is 10.1 Å². The van der Waals surface area contributed by atoms with E-state index < -0.39 is 0 Å². The van der Waals surface area contributed by atoms with Crippen molar-refractivity contribution < 1.29 is 4.74 Å². The Kier molecular flexibility index (Phi) is 5.86. The molecule has 0 unspecified atom stereocenters. The molecule has 2 aromatic rings. The third-order valence-corrected chi connectivity index (χ3v) is 4.22. The van der Waals surface area contributed by atoms with Crippen molar-refractivity contribution in [2.24, 2.45) is 0 Å². The van der Waals surface area contributed by atoms with E-state index in [9.17, 15) is 0 Å². The van der Waals surface area contributed by atoms with E-state index in [0.717, 1.165) is 30.5 Å². The summed E-state index contributed by atoms with van der Waals surface area (Å²) in [6.07, 6.45) is 1.79. The van der Waals surface area contributed by atoms with E-state index in [1.807, 2.05) is 19.1 Å². The summed E-state index contributed by atoms with van der Waals surface area (Å²) in [6.45, 7) is 3.32. The average Bonchev–Trinajstić information content (AvgIpc) is 2.42. The van der Waals surface area contributed by atoms with Crippen LogP contribution in [0.4, 0.5) is 5.69 Å². The molecule has 20 heavy (non-hydrogen) atoms. The molecule has 1 heterocycles. The first kappa shape index (κ1) is 15.8. The second-order valence-corrected chi connectivity index (χ2v) is 6.57. The number of hydrogen-bond donors (Lipinski definition) is 1. The number of benzene rings is 1. The summed E-state index contributed by atoms with van der Waals surface area (Å²) in [5.74, 6) is 0.835. The van der Waals surface area contributed by atoms with Crippen molar-refractivity contribution in [3.05, 3.63) is 49.6 Å². The second kappa shape index (κ2) is 7.43. The highest BCUT2D eigenvalue weighted by Crippen LogP contribution is 2.34. The van der Waals surface area contributed by atoms with E-state index in [-0.39, 0.29) is 0 Å². The van der Waals surface area contributed by atoms with Crippen molar-refractivity contribution in [3.8, 4) is 5.75 Å². The van der Waals surface area contributed by atoms with Crippen LogP contribution in [0.15, 0.2) is 44.0 Å². The Bertz CT molecular complexity index is 564. The number of aromatic nitrogens is 1. The molecule has 6 heteroatoms. The maximum Gasteiger partial charge on any atom is 0.147 e. The molecule has 2 rings (SSSR count). The van der Waals surface area contributed by atoms with Gasteiger partial charge in [-0.25, -0.2) is 4.98 Å². The maximum atomic E-state index is 5.57. The molecule has 1 aromatic carbocycles. The van der Waals surface area contributed by atoms with Crippen molar-refractivity contribution in [2.45, 2.75) is 13.5 Å². The summed E-state index contributed by atoms with van der Waals surface area (Å²) in [4.78, 5) is 4.18. The van der Waals surface area contributed by atoms with Gasteiger partial charge in [-0.2, -0.15) is 0 Å². The van der Waals surface area contributed by atoms with Gasteiger partial charge in [0.15, 0.2) is 0 Å². The molecule has 0 spiro atoms. The molecule has 1 N–H and O–H groups in total. The number of anilines is 1. The highest BCUT2D eigenvalue weighted by atomic mass is 79.9. The number of nitrogens with zero attached hydrogens (tertiary/aromatic N) is 1. The van der Waals surface area contributed by atoms with Gasteiger partial charge in [0.05, 0.1) is 27.4 Å². The van der Waals surface area contributed by atoms with Crippen LogP contribution in [0.3, 0.4) is 0 Å². The van der Waals surface area contributed by atoms with Crippen molar-refractivity contribution >= 4 is 53.5 Å². The number of halogens is 3. The number of rotatable bonds is 5. The maximum absolute atomic E-state index is 5.57. The molecule has 3 nitrogen and oxygen atoms in total. The smallest absolute Gasteiger partial charge is 0.147 e. The van der Waals surface area contributed by atoms with Gasteiger partial charge in [0, 0.05) is 6.54 Å². The van der Waals surface area contributed by atoms with Crippen LogP contribution >= 0.6 is 47.8 Å². The van der Waals surface area contributed by atoms with Gasteiger partial charge in [-0.1, -0.05) is 0 Å². The molecule has 0 radical (unpaired) electrons. The summed E-state index contributed by atoms with van der Waals surface area (Å²) >= 11 is 10.4. The van der Waals surface area contributed by atoms with E-state index >= 15 is 0 Å². The largest absolute Gasteiger partial charge is 0.492 e. The fourth-order valence-electron chi connectivity index (χ4n) is 1.68. The highest BCUT2D eigenvalue weighted by molar-refractivity contribution is 9.11. The quantitative estimate of drug-likeness (QED) is 0.603. The first-order valence-corrected chi connectivity index (χ1v) is 8.44. The summed E-state index contributed by atoms with van der Waals surface area (Å²) < 4.78 is 8.29. The first-order valence-electron chi connectivity index (χ1n) is 6.06. The van der Waals surface area contributed by atoms with Crippen LogP contribution in [0.2, 0.25) is 0 Å². The normalized spacial score (nSPS) is 10.4. The van der Waals surface area contributed by atoms with Crippen LogP contribution in [-0.2, 0) is 6.54 Å². The van der Waals surface area contributed by atoms with Crippen LogP contribution in [0.5, 0.6) is 5.75 Å². The average molecular weight is 465 g/mol. The first-order chi connectivity index (χ1) is 9.60. The predicted molar refractivity (Wildman–Crippen MR) is 92.3 cm³/mol. The Morgan fingerprint density at radius 3 is 2.40 bits per heavy atom. The number of nitrogens with one attached hydrogen (secondary N) is 1. The monoisotopic (exact) mass is 462 g/mol. The lowest BCUT2D eigenvalue weighted by atomic mass is 10.2. The summed E-state index contributed by atoms with van der Waals surface area (Å²) in [7, 11) is 0. The van der Waals surface area contributed by atoms with Crippen LogP contribution < -0.4 is 10.1 Å². The molecule has 0 aliphatic heterocycles. The Hall–Kier alpha value is -0.590. The van der Waals surface area contributed by atoms with Crippen LogP contribution in [-0.4, -0.2) is 11.6 Å². The third-order valence-electron chi connectivity index (χ3n) is 2.57. The predicted octanol–water partition coefficient (Wildman–Crippen LogP) is 5.38. The summed E-state index contributed by atoms with van der Waals surface area (Å²) in [6, 6.07) is 7.99. The van der Waals surface area contributed by atoms with Crippen LogP contribution in [0.1, 0.15) is 12.5 Å². The van der Waals surface area contributed by atoms with Gasteiger partial charge in [-0.05, 0) is 84.5 Å². The van der Waals surface area contributed by atoms with E-state index in [0.29, 0.717) is 13.2 Å². The molecule has 0 saturated heterocycles. The molecule has 0 amide bonds. The molecule has 0 fully saturated rings. The number of hydrogen-bond acceptors (Lipinski definition) is 3. The van der Waals surface area contributed by atoms with Crippen LogP contribution in [0, 0.1) is 0 Å². The molecule has 0 atom stereocenters. The highest BCUT2D eigenvalue weighted by Gasteiger charge is 2.08. The minimum Gasteiger partial charge on any atom is -0.492 e. The minimum atomic E-state index is 0.638. The summed E-state index contributed by atoms with van der Waals surface area (Å²) in [5, 5.41) is 3.33. The van der Waals surface area contributed by atoms with Gasteiger partial charge in [-0.15, -0.1) is 0 Å². The molecule has 1 aromatic heterocycles. The minimum absolute atomic E-state index is 0.638. The van der Waals surface area contributed by atoms with Gasteiger partial charge in [-0.3, -0.25) is 0 Å². The van der Waals surface area contributed by atoms with Crippen molar-refractivity contribution in [3.63, 3.8) is 0 Å².